The number of nitrogens with one attached hydrogen (secondary N) is 2. The van der Waals surface area contributed by atoms with E-state index >= 15 is 0 Å². The monoisotopic (exact) mass is 202 g/mol. The molecule has 1 aliphatic heterocycles. The zero-order chi connectivity index (χ0) is 10.1. The van der Waals surface area contributed by atoms with Crippen LogP contribution in [0.1, 0.15) is 24.3 Å². The van der Waals surface area contributed by atoms with E-state index in [1.54, 1.807) is 0 Å². The first kappa shape index (κ1) is 9.37. The predicted molar refractivity (Wildman–Crippen MR) is 62.0 cm³/mol. The second kappa shape index (κ2) is 3.95. The van der Waals surface area contributed by atoms with Gasteiger partial charge in [0.1, 0.15) is 0 Å². The minimum atomic E-state index is 0.712. The zero-order valence-corrected chi connectivity index (χ0v) is 8.95. The Morgan fingerprint density at radius 2 is 2.07 bits per heavy atom. The molecule has 3 atom stereocenters. The summed E-state index contributed by atoms with van der Waals surface area (Å²) in [4.78, 5) is 0. The van der Waals surface area contributed by atoms with Crippen LogP contribution in [0.25, 0.3) is 0 Å². The van der Waals surface area contributed by atoms with Crippen LogP contribution in [0.4, 0.5) is 0 Å². The molecule has 1 aromatic carbocycles. The van der Waals surface area contributed by atoms with Gasteiger partial charge in [0, 0.05) is 24.5 Å². The first-order valence-corrected chi connectivity index (χ1v) is 5.95. The van der Waals surface area contributed by atoms with Gasteiger partial charge in [0.05, 0.1) is 0 Å². The first-order chi connectivity index (χ1) is 7.43. The van der Waals surface area contributed by atoms with E-state index in [9.17, 15) is 0 Å². The van der Waals surface area contributed by atoms with Crippen LogP contribution < -0.4 is 10.6 Å². The van der Waals surface area contributed by atoms with Crippen molar-refractivity contribution in [3.05, 3.63) is 35.9 Å². The maximum absolute atomic E-state index is 3.74. The van der Waals surface area contributed by atoms with Crippen molar-refractivity contribution in [1.29, 1.82) is 0 Å². The number of hydrogen-bond acceptors (Lipinski definition) is 2. The molecular formula is C13H18N2. The van der Waals surface area contributed by atoms with E-state index in [1.807, 2.05) is 0 Å². The van der Waals surface area contributed by atoms with Gasteiger partial charge in [-0.1, -0.05) is 30.3 Å². The summed E-state index contributed by atoms with van der Waals surface area (Å²) in [5.74, 6) is 0.770. The molecule has 2 heteroatoms. The fourth-order valence-electron chi connectivity index (χ4n) is 2.55. The van der Waals surface area contributed by atoms with Crippen molar-refractivity contribution in [2.24, 2.45) is 0 Å². The molecule has 0 amide bonds. The predicted octanol–water partition coefficient (Wildman–Crippen LogP) is 1.49. The molecular weight excluding hydrogens is 184 g/mol. The molecule has 1 aliphatic carbocycles. The van der Waals surface area contributed by atoms with Crippen LogP contribution in [-0.4, -0.2) is 25.2 Å². The summed E-state index contributed by atoms with van der Waals surface area (Å²) in [5.41, 5.74) is 1.50. The maximum Gasteiger partial charge on any atom is 0.0207 e. The van der Waals surface area contributed by atoms with Crippen LogP contribution in [-0.2, 0) is 0 Å². The van der Waals surface area contributed by atoms with Crippen molar-refractivity contribution >= 4 is 0 Å². The molecule has 2 aliphatic rings. The lowest BCUT2D eigenvalue weighted by molar-refractivity contribution is 0.537. The maximum atomic E-state index is 3.74. The van der Waals surface area contributed by atoms with Gasteiger partial charge in [-0.15, -0.1) is 0 Å². The summed E-state index contributed by atoms with van der Waals surface area (Å²) >= 11 is 0. The lowest BCUT2D eigenvalue weighted by Gasteiger charge is -2.10. The number of rotatable bonds is 3. The van der Waals surface area contributed by atoms with Crippen molar-refractivity contribution in [2.45, 2.75) is 30.8 Å². The van der Waals surface area contributed by atoms with E-state index in [2.05, 4.69) is 41.0 Å². The normalized spacial score (nSPS) is 34.3. The smallest absolute Gasteiger partial charge is 0.0207 e. The van der Waals surface area contributed by atoms with Gasteiger partial charge in [0.25, 0.3) is 0 Å². The molecule has 2 nitrogen and oxygen atoms in total. The van der Waals surface area contributed by atoms with Crippen LogP contribution in [0, 0.1) is 0 Å². The summed E-state index contributed by atoms with van der Waals surface area (Å²) in [6.07, 6.45) is 2.61. The highest BCUT2D eigenvalue weighted by Gasteiger charge is 2.39. The standard InChI is InChI=1S/C13H18N2/c1-2-4-10(5-3-1)12-8-13(12)15-11-6-7-14-9-11/h1-5,11-15H,6-9H2/t11-,12+,13-/m1/s1. The lowest BCUT2D eigenvalue weighted by Crippen LogP contribution is -2.33. The van der Waals surface area contributed by atoms with Crippen LogP contribution in [0.3, 0.4) is 0 Å². The average molecular weight is 202 g/mol. The van der Waals surface area contributed by atoms with Crippen molar-refractivity contribution in [3.8, 4) is 0 Å². The summed E-state index contributed by atoms with van der Waals surface area (Å²) in [5, 5.41) is 7.14. The van der Waals surface area contributed by atoms with Gasteiger partial charge in [0.15, 0.2) is 0 Å². The van der Waals surface area contributed by atoms with E-state index in [4.69, 9.17) is 0 Å². The second-order valence-corrected chi connectivity index (χ2v) is 4.72. The number of hydrogen-bond donors (Lipinski definition) is 2. The summed E-state index contributed by atoms with van der Waals surface area (Å²) in [6, 6.07) is 12.3. The SMILES string of the molecule is c1ccc([C@@H]2C[C@H]2N[C@@H]2CCNC2)cc1. The molecule has 1 heterocycles. The van der Waals surface area contributed by atoms with Gasteiger partial charge < -0.3 is 10.6 Å². The molecule has 80 valence electrons. The van der Waals surface area contributed by atoms with Gasteiger partial charge in [0.2, 0.25) is 0 Å². The molecule has 1 aromatic rings. The highest BCUT2D eigenvalue weighted by Crippen LogP contribution is 2.40. The third-order valence-corrected chi connectivity index (χ3v) is 3.53. The largest absolute Gasteiger partial charge is 0.315 e. The second-order valence-electron chi connectivity index (χ2n) is 4.72. The van der Waals surface area contributed by atoms with Gasteiger partial charge in [-0.05, 0) is 24.9 Å². The van der Waals surface area contributed by atoms with E-state index in [0.29, 0.717) is 6.04 Å². The topological polar surface area (TPSA) is 24.1 Å². The molecule has 2 N–H and O–H groups in total. The van der Waals surface area contributed by atoms with Crippen molar-refractivity contribution < 1.29 is 0 Å². The molecule has 0 unspecified atom stereocenters. The summed E-state index contributed by atoms with van der Waals surface area (Å²) in [7, 11) is 0. The van der Waals surface area contributed by atoms with Crippen LogP contribution >= 0.6 is 0 Å². The summed E-state index contributed by atoms with van der Waals surface area (Å²) in [6.45, 7) is 2.33. The Bertz CT molecular complexity index is 317. The molecule has 0 radical (unpaired) electrons. The van der Waals surface area contributed by atoms with Gasteiger partial charge >= 0.3 is 0 Å². The van der Waals surface area contributed by atoms with Crippen LogP contribution in [0.5, 0.6) is 0 Å². The molecule has 1 saturated heterocycles. The fourth-order valence-corrected chi connectivity index (χ4v) is 2.55. The van der Waals surface area contributed by atoms with E-state index < -0.39 is 0 Å². The highest BCUT2D eigenvalue weighted by molar-refractivity contribution is 5.27. The lowest BCUT2D eigenvalue weighted by atomic mass is 10.1. The molecule has 15 heavy (non-hydrogen) atoms. The third-order valence-electron chi connectivity index (χ3n) is 3.53. The Morgan fingerprint density at radius 3 is 2.80 bits per heavy atom. The Balaban J connectivity index is 1.55. The quantitative estimate of drug-likeness (QED) is 0.776. The molecule has 3 rings (SSSR count). The van der Waals surface area contributed by atoms with E-state index in [1.165, 1.54) is 24.9 Å². The van der Waals surface area contributed by atoms with Gasteiger partial charge in [-0.3, -0.25) is 0 Å². The minimum Gasteiger partial charge on any atom is -0.315 e. The van der Waals surface area contributed by atoms with Crippen molar-refractivity contribution in [1.82, 2.24) is 10.6 Å². The van der Waals surface area contributed by atoms with E-state index in [0.717, 1.165) is 18.5 Å². The Kier molecular flexibility index (Phi) is 2.47. The Hall–Kier alpha value is -0.860. The first-order valence-electron chi connectivity index (χ1n) is 5.95. The summed E-state index contributed by atoms with van der Waals surface area (Å²) < 4.78 is 0. The Labute approximate surface area is 91.1 Å². The van der Waals surface area contributed by atoms with Gasteiger partial charge in [-0.2, -0.15) is 0 Å². The zero-order valence-electron chi connectivity index (χ0n) is 8.95. The fraction of sp³-hybridized carbons (Fsp3) is 0.538. The van der Waals surface area contributed by atoms with E-state index in [-0.39, 0.29) is 0 Å². The molecule has 1 saturated carbocycles. The van der Waals surface area contributed by atoms with Crippen LogP contribution in [0.15, 0.2) is 30.3 Å². The van der Waals surface area contributed by atoms with Crippen molar-refractivity contribution in [3.63, 3.8) is 0 Å². The Morgan fingerprint density at radius 1 is 1.20 bits per heavy atom. The third kappa shape index (κ3) is 2.06. The highest BCUT2D eigenvalue weighted by atomic mass is 15.1. The minimum absolute atomic E-state index is 0.712. The molecule has 0 spiro atoms. The molecule has 0 bridgehead atoms. The van der Waals surface area contributed by atoms with Gasteiger partial charge in [-0.25, -0.2) is 0 Å². The number of benzene rings is 1. The molecule has 0 aromatic heterocycles. The average Bonchev–Trinajstić information content (AvgIpc) is 2.84. The van der Waals surface area contributed by atoms with Crippen LogP contribution in [0.2, 0.25) is 0 Å². The molecule has 2 fully saturated rings. The van der Waals surface area contributed by atoms with Crippen molar-refractivity contribution in [2.75, 3.05) is 13.1 Å².